The van der Waals surface area contributed by atoms with Gasteiger partial charge in [-0.1, -0.05) is 42.5 Å². The zero-order valence-corrected chi connectivity index (χ0v) is 11.1. The summed E-state index contributed by atoms with van der Waals surface area (Å²) in [6.07, 6.45) is 1.84. The molecule has 20 heavy (non-hydrogen) atoms. The molecule has 0 aliphatic heterocycles. The average Bonchev–Trinajstić information content (AvgIpc) is 2.53. The molecule has 0 fully saturated rings. The molecule has 0 unspecified atom stereocenters. The minimum absolute atomic E-state index is 0.571. The molecule has 0 saturated heterocycles. The number of hydrogen-bond donors (Lipinski definition) is 2. The topological polar surface area (TPSA) is 63.8 Å². The first-order chi connectivity index (χ1) is 9.85. The van der Waals surface area contributed by atoms with Crippen molar-refractivity contribution in [1.29, 1.82) is 0 Å². The molecule has 1 heterocycles. The molecule has 3 aromatic rings. The minimum Gasteiger partial charge on any atom is -0.350 e. The molecule has 0 amide bonds. The van der Waals surface area contributed by atoms with Crippen molar-refractivity contribution < 1.29 is 0 Å². The van der Waals surface area contributed by atoms with Gasteiger partial charge in [-0.25, -0.2) is 9.97 Å². The van der Waals surface area contributed by atoms with Crippen LogP contribution < -0.4 is 11.1 Å². The molecule has 0 atom stereocenters. The van der Waals surface area contributed by atoms with E-state index in [2.05, 4.69) is 27.4 Å². The molecule has 0 spiro atoms. The number of hydrogen-bond acceptors (Lipinski definition) is 4. The quantitative estimate of drug-likeness (QED) is 0.760. The summed E-state index contributed by atoms with van der Waals surface area (Å²) < 4.78 is 0. The van der Waals surface area contributed by atoms with E-state index in [1.807, 2.05) is 42.6 Å². The molecule has 4 nitrogen and oxygen atoms in total. The van der Waals surface area contributed by atoms with Gasteiger partial charge in [-0.05, 0) is 17.2 Å². The molecule has 0 saturated carbocycles. The number of anilines is 1. The van der Waals surface area contributed by atoms with Crippen LogP contribution in [0.5, 0.6) is 0 Å². The molecule has 2 aromatic carbocycles. The molecule has 0 aliphatic carbocycles. The van der Waals surface area contributed by atoms with Gasteiger partial charge in [0, 0.05) is 24.7 Å². The van der Waals surface area contributed by atoms with Crippen molar-refractivity contribution in [3.05, 3.63) is 65.9 Å². The van der Waals surface area contributed by atoms with Gasteiger partial charge in [-0.3, -0.25) is 0 Å². The van der Waals surface area contributed by atoms with E-state index in [0.29, 0.717) is 19.0 Å². The van der Waals surface area contributed by atoms with E-state index in [0.717, 1.165) is 16.5 Å². The van der Waals surface area contributed by atoms with Gasteiger partial charge in [-0.15, -0.1) is 0 Å². The summed E-state index contributed by atoms with van der Waals surface area (Å²) in [5.41, 5.74) is 8.84. The SMILES string of the molecule is NCc1ccc(CNc2ncc3ccccc3n2)cc1. The maximum absolute atomic E-state index is 5.58. The zero-order valence-electron chi connectivity index (χ0n) is 11.1. The highest BCUT2D eigenvalue weighted by Crippen LogP contribution is 2.12. The van der Waals surface area contributed by atoms with E-state index >= 15 is 0 Å². The van der Waals surface area contributed by atoms with Crippen LogP contribution in [0.15, 0.2) is 54.7 Å². The van der Waals surface area contributed by atoms with Gasteiger partial charge < -0.3 is 11.1 Å². The first kappa shape index (κ1) is 12.6. The molecule has 0 bridgehead atoms. The maximum atomic E-state index is 5.58. The van der Waals surface area contributed by atoms with Gasteiger partial charge in [0.25, 0.3) is 0 Å². The van der Waals surface area contributed by atoms with E-state index in [1.54, 1.807) is 0 Å². The molecule has 1 aromatic heterocycles. The first-order valence-electron chi connectivity index (χ1n) is 6.59. The lowest BCUT2D eigenvalue weighted by Crippen LogP contribution is -2.04. The highest BCUT2D eigenvalue weighted by atomic mass is 15.1. The largest absolute Gasteiger partial charge is 0.350 e. The highest BCUT2D eigenvalue weighted by molar-refractivity contribution is 5.78. The van der Waals surface area contributed by atoms with Crippen LogP contribution in [0.1, 0.15) is 11.1 Å². The third-order valence-corrected chi connectivity index (χ3v) is 3.20. The Hall–Kier alpha value is -2.46. The fourth-order valence-corrected chi connectivity index (χ4v) is 2.03. The Bertz CT molecular complexity index is 707. The fourth-order valence-electron chi connectivity index (χ4n) is 2.03. The van der Waals surface area contributed by atoms with Crippen LogP contribution >= 0.6 is 0 Å². The fraction of sp³-hybridized carbons (Fsp3) is 0.125. The summed E-state index contributed by atoms with van der Waals surface area (Å²) in [5, 5.41) is 4.28. The number of nitrogens with two attached hydrogens (primary N) is 1. The normalized spacial score (nSPS) is 10.7. The van der Waals surface area contributed by atoms with Gasteiger partial charge in [0.15, 0.2) is 0 Å². The van der Waals surface area contributed by atoms with Crippen LogP contribution in [0.2, 0.25) is 0 Å². The van der Waals surface area contributed by atoms with Crippen LogP contribution in [0.25, 0.3) is 10.9 Å². The molecular weight excluding hydrogens is 248 g/mol. The molecule has 0 radical (unpaired) electrons. The zero-order chi connectivity index (χ0) is 13.8. The van der Waals surface area contributed by atoms with Crippen LogP contribution in [-0.2, 0) is 13.1 Å². The van der Waals surface area contributed by atoms with Crippen molar-refractivity contribution in [2.75, 3.05) is 5.32 Å². The average molecular weight is 264 g/mol. The molecule has 3 rings (SSSR count). The van der Waals surface area contributed by atoms with Crippen molar-refractivity contribution in [1.82, 2.24) is 9.97 Å². The Kier molecular flexibility index (Phi) is 3.56. The predicted molar refractivity (Wildman–Crippen MR) is 81.2 cm³/mol. The third-order valence-electron chi connectivity index (χ3n) is 3.20. The molecule has 0 aliphatic rings. The predicted octanol–water partition coefficient (Wildman–Crippen LogP) is 2.70. The lowest BCUT2D eigenvalue weighted by atomic mass is 10.1. The summed E-state index contributed by atoms with van der Waals surface area (Å²) in [5.74, 6) is 0.645. The van der Waals surface area contributed by atoms with E-state index in [9.17, 15) is 0 Å². The van der Waals surface area contributed by atoms with Crippen LogP contribution in [-0.4, -0.2) is 9.97 Å². The van der Waals surface area contributed by atoms with Crippen molar-refractivity contribution >= 4 is 16.9 Å². The second-order valence-corrected chi connectivity index (χ2v) is 4.63. The third kappa shape index (κ3) is 2.75. The number of nitrogens with zero attached hydrogens (tertiary/aromatic N) is 2. The summed E-state index contributed by atoms with van der Waals surface area (Å²) >= 11 is 0. The number of fused-ring (bicyclic) bond motifs is 1. The summed E-state index contributed by atoms with van der Waals surface area (Å²) in [6, 6.07) is 16.2. The Morgan fingerprint density at radius 3 is 2.50 bits per heavy atom. The second kappa shape index (κ2) is 5.67. The number of para-hydroxylation sites is 1. The first-order valence-corrected chi connectivity index (χ1v) is 6.59. The number of aromatic nitrogens is 2. The van der Waals surface area contributed by atoms with Gasteiger partial charge in [0.1, 0.15) is 0 Å². The van der Waals surface area contributed by atoms with Crippen LogP contribution in [0.3, 0.4) is 0 Å². The van der Waals surface area contributed by atoms with E-state index in [1.165, 1.54) is 5.56 Å². The Morgan fingerprint density at radius 2 is 1.70 bits per heavy atom. The molecule has 4 heteroatoms. The lowest BCUT2D eigenvalue weighted by molar-refractivity contribution is 1.04. The monoisotopic (exact) mass is 264 g/mol. The van der Waals surface area contributed by atoms with E-state index in [-0.39, 0.29) is 0 Å². The van der Waals surface area contributed by atoms with Crippen molar-refractivity contribution in [2.24, 2.45) is 5.73 Å². The second-order valence-electron chi connectivity index (χ2n) is 4.63. The standard InChI is InChI=1S/C16H16N4/c17-9-12-5-7-13(8-6-12)10-18-16-19-11-14-3-1-2-4-15(14)20-16/h1-8,11H,9-10,17H2,(H,18,19,20). The van der Waals surface area contributed by atoms with Crippen LogP contribution in [0, 0.1) is 0 Å². The Morgan fingerprint density at radius 1 is 0.950 bits per heavy atom. The number of nitrogens with one attached hydrogen (secondary N) is 1. The Labute approximate surface area is 117 Å². The Balaban J connectivity index is 1.72. The van der Waals surface area contributed by atoms with Crippen molar-refractivity contribution in [3.63, 3.8) is 0 Å². The minimum atomic E-state index is 0.571. The van der Waals surface area contributed by atoms with Gasteiger partial charge in [-0.2, -0.15) is 0 Å². The van der Waals surface area contributed by atoms with Crippen molar-refractivity contribution in [2.45, 2.75) is 13.1 Å². The van der Waals surface area contributed by atoms with Gasteiger partial charge >= 0.3 is 0 Å². The molecular formula is C16H16N4. The maximum Gasteiger partial charge on any atom is 0.223 e. The summed E-state index contributed by atoms with van der Waals surface area (Å²) in [4.78, 5) is 8.80. The van der Waals surface area contributed by atoms with E-state index in [4.69, 9.17) is 5.73 Å². The van der Waals surface area contributed by atoms with E-state index < -0.39 is 0 Å². The number of rotatable bonds is 4. The van der Waals surface area contributed by atoms with Crippen molar-refractivity contribution in [3.8, 4) is 0 Å². The van der Waals surface area contributed by atoms with Gasteiger partial charge in [0.2, 0.25) is 5.95 Å². The van der Waals surface area contributed by atoms with Gasteiger partial charge in [0.05, 0.1) is 5.52 Å². The molecule has 3 N–H and O–H groups in total. The van der Waals surface area contributed by atoms with Crippen LogP contribution in [0.4, 0.5) is 5.95 Å². The highest BCUT2D eigenvalue weighted by Gasteiger charge is 1.99. The number of benzene rings is 2. The summed E-state index contributed by atoms with van der Waals surface area (Å²) in [7, 11) is 0. The summed E-state index contributed by atoms with van der Waals surface area (Å²) in [6.45, 7) is 1.27. The smallest absolute Gasteiger partial charge is 0.223 e. The molecule has 100 valence electrons. The lowest BCUT2D eigenvalue weighted by Gasteiger charge is -2.06.